The Morgan fingerprint density at radius 2 is 1.79 bits per heavy atom. The Kier molecular flexibility index (Phi) is 11.0. The zero-order valence-corrected chi connectivity index (χ0v) is 24.7. The lowest BCUT2D eigenvalue weighted by Crippen LogP contribution is -2.47. The minimum Gasteiger partial charge on any atom is -0.490 e. The Morgan fingerprint density at radius 1 is 1.07 bits per heavy atom. The molecule has 42 heavy (non-hydrogen) atoms. The number of nitrogens with zero attached hydrogens (tertiary/aromatic N) is 2. The predicted octanol–water partition coefficient (Wildman–Crippen LogP) is 5.83. The Bertz CT molecular complexity index is 1370. The number of benzene rings is 3. The molecule has 1 aliphatic rings. The van der Waals surface area contributed by atoms with E-state index in [-0.39, 0.29) is 25.4 Å². The second-order valence-corrected chi connectivity index (χ2v) is 9.98. The maximum atomic E-state index is 12.7. The summed E-state index contributed by atoms with van der Waals surface area (Å²) in [7, 11) is 3.70. The lowest BCUT2D eigenvalue weighted by atomic mass is 10.1. The average molecular weight is 594 g/mol. The highest BCUT2D eigenvalue weighted by Gasteiger charge is 2.26. The molecule has 222 valence electrons. The summed E-state index contributed by atoms with van der Waals surface area (Å²) in [5.74, 6) is 0.598. The standard InChI is InChI=1S/C31H36ClN5O5/c1-4-28(36(3)33-2)27-18-25(35-30(38)34-24-12-10-23(32)11-13-24)14-15-29(27)41-21-26-19-37(16-17-40-26)31(39)42-20-22-8-6-5-7-9-22/h4-15,18,26,33H,16-17,19-21H2,1-3H3,(H2,34,35,38)/b28-4-. The van der Waals surface area contributed by atoms with Gasteiger partial charge in [0.2, 0.25) is 0 Å². The minimum absolute atomic E-state index is 0.213. The summed E-state index contributed by atoms with van der Waals surface area (Å²) < 4.78 is 17.6. The first-order valence-corrected chi connectivity index (χ1v) is 14.0. The van der Waals surface area contributed by atoms with Crippen molar-refractivity contribution in [2.45, 2.75) is 19.6 Å². The van der Waals surface area contributed by atoms with Crippen molar-refractivity contribution in [2.24, 2.45) is 0 Å². The molecular weight excluding hydrogens is 558 g/mol. The van der Waals surface area contributed by atoms with Gasteiger partial charge in [-0.05, 0) is 55.0 Å². The number of halogens is 1. The van der Waals surface area contributed by atoms with Crippen LogP contribution < -0.4 is 20.8 Å². The molecule has 0 aromatic heterocycles. The Balaban J connectivity index is 1.41. The number of nitrogens with one attached hydrogen (secondary N) is 3. The number of ether oxygens (including phenoxy) is 3. The van der Waals surface area contributed by atoms with Gasteiger partial charge < -0.3 is 34.8 Å². The van der Waals surface area contributed by atoms with Gasteiger partial charge in [0.15, 0.2) is 0 Å². The summed E-state index contributed by atoms with van der Waals surface area (Å²) in [4.78, 5) is 27.0. The maximum absolute atomic E-state index is 12.7. The van der Waals surface area contributed by atoms with Gasteiger partial charge in [0, 0.05) is 42.6 Å². The molecule has 4 rings (SSSR count). The third kappa shape index (κ3) is 8.62. The summed E-state index contributed by atoms with van der Waals surface area (Å²) in [5, 5.41) is 8.10. The number of amides is 3. The summed E-state index contributed by atoms with van der Waals surface area (Å²) in [5.41, 5.74) is 6.82. The minimum atomic E-state index is -0.393. The quantitative estimate of drug-likeness (QED) is 0.254. The van der Waals surface area contributed by atoms with E-state index in [4.69, 9.17) is 25.8 Å². The molecule has 0 spiro atoms. The third-order valence-electron chi connectivity index (χ3n) is 6.61. The van der Waals surface area contributed by atoms with Crippen LogP contribution in [0.4, 0.5) is 21.0 Å². The summed E-state index contributed by atoms with van der Waals surface area (Å²) in [6, 6.07) is 21.4. The number of hydrogen-bond acceptors (Lipinski definition) is 7. The number of hydrogen-bond donors (Lipinski definition) is 3. The number of hydrazine groups is 1. The van der Waals surface area contributed by atoms with Gasteiger partial charge in [0.1, 0.15) is 25.1 Å². The molecule has 0 aliphatic carbocycles. The van der Waals surface area contributed by atoms with Crippen LogP contribution >= 0.6 is 11.6 Å². The van der Waals surface area contributed by atoms with Crippen LogP contribution in [0.3, 0.4) is 0 Å². The summed E-state index contributed by atoms with van der Waals surface area (Å²) >= 11 is 5.94. The van der Waals surface area contributed by atoms with Crippen LogP contribution in [-0.2, 0) is 16.1 Å². The highest BCUT2D eigenvalue weighted by Crippen LogP contribution is 2.31. The number of urea groups is 1. The van der Waals surface area contributed by atoms with Crippen LogP contribution in [0.5, 0.6) is 5.75 Å². The fraction of sp³-hybridized carbons (Fsp3) is 0.290. The highest BCUT2D eigenvalue weighted by atomic mass is 35.5. The topological polar surface area (TPSA) is 104 Å². The van der Waals surface area contributed by atoms with Crippen molar-refractivity contribution < 1.29 is 23.8 Å². The molecule has 1 heterocycles. The van der Waals surface area contributed by atoms with Gasteiger partial charge in [0.25, 0.3) is 0 Å². The van der Waals surface area contributed by atoms with Gasteiger partial charge in [-0.15, -0.1) is 0 Å². The lowest BCUT2D eigenvalue weighted by Gasteiger charge is -2.32. The third-order valence-corrected chi connectivity index (χ3v) is 6.86. The smallest absolute Gasteiger partial charge is 0.410 e. The van der Waals surface area contributed by atoms with E-state index in [1.54, 1.807) is 41.3 Å². The van der Waals surface area contributed by atoms with Crippen molar-refractivity contribution in [2.75, 3.05) is 51.0 Å². The molecule has 10 nitrogen and oxygen atoms in total. The summed E-state index contributed by atoms with van der Waals surface area (Å²) in [6.07, 6.45) is 1.22. The monoisotopic (exact) mass is 593 g/mol. The van der Waals surface area contributed by atoms with E-state index < -0.39 is 6.03 Å². The zero-order valence-electron chi connectivity index (χ0n) is 23.9. The molecule has 11 heteroatoms. The molecule has 1 saturated heterocycles. The number of allylic oxidation sites excluding steroid dienone is 1. The molecule has 0 bridgehead atoms. The number of carbonyl (C=O) groups is 2. The lowest BCUT2D eigenvalue weighted by molar-refractivity contribution is -0.0459. The normalized spacial score (nSPS) is 15.1. The summed E-state index contributed by atoms with van der Waals surface area (Å²) in [6.45, 7) is 3.53. The molecule has 0 saturated carbocycles. The van der Waals surface area contributed by atoms with Crippen molar-refractivity contribution in [1.29, 1.82) is 0 Å². The predicted molar refractivity (Wildman–Crippen MR) is 164 cm³/mol. The van der Waals surface area contributed by atoms with Crippen LogP contribution in [0, 0.1) is 0 Å². The molecule has 1 fully saturated rings. The molecular formula is C31H36ClN5O5. The second kappa shape index (κ2) is 15.1. The molecule has 1 aliphatic heterocycles. The Hall–Kier alpha value is -4.25. The SMILES string of the molecule is C/C=C(/c1cc(NC(=O)Nc2ccc(Cl)cc2)ccc1OCC1CN(C(=O)OCc2ccccc2)CCO1)N(C)NC. The maximum Gasteiger partial charge on any atom is 0.410 e. The highest BCUT2D eigenvalue weighted by molar-refractivity contribution is 6.30. The second-order valence-electron chi connectivity index (χ2n) is 9.54. The largest absolute Gasteiger partial charge is 0.490 e. The molecule has 1 unspecified atom stereocenters. The van der Waals surface area contributed by atoms with Gasteiger partial charge in [-0.25, -0.2) is 15.0 Å². The van der Waals surface area contributed by atoms with Crippen molar-refractivity contribution >= 4 is 40.8 Å². The van der Waals surface area contributed by atoms with Crippen LogP contribution in [0.2, 0.25) is 5.02 Å². The number of morpholine rings is 1. The van der Waals surface area contributed by atoms with Crippen molar-refractivity contribution in [1.82, 2.24) is 15.3 Å². The Morgan fingerprint density at radius 3 is 2.50 bits per heavy atom. The van der Waals surface area contributed by atoms with Gasteiger partial charge in [-0.2, -0.15) is 0 Å². The van der Waals surface area contributed by atoms with Gasteiger partial charge in [-0.3, -0.25) is 0 Å². The van der Waals surface area contributed by atoms with Gasteiger partial charge in [0.05, 0.1) is 18.8 Å². The van der Waals surface area contributed by atoms with E-state index in [1.165, 1.54) is 0 Å². The average Bonchev–Trinajstić information content (AvgIpc) is 3.01. The molecule has 3 amide bonds. The fourth-order valence-corrected chi connectivity index (χ4v) is 4.52. The van der Waals surface area contributed by atoms with Crippen molar-refractivity contribution in [3.8, 4) is 5.75 Å². The number of carbonyl (C=O) groups excluding carboxylic acids is 2. The molecule has 3 N–H and O–H groups in total. The first-order chi connectivity index (χ1) is 20.4. The Labute approximate surface area is 251 Å². The first-order valence-electron chi connectivity index (χ1n) is 13.6. The van der Waals surface area contributed by atoms with Gasteiger partial charge >= 0.3 is 12.1 Å². The van der Waals surface area contributed by atoms with E-state index in [0.717, 1.165) is 16.8 Å². The van der Waals surface area contributed by atoms with Crippen molar-refractivity contribution in [3.63, 3.8) is 0 Å². The zero-order chi connectivity index (χ0) is 29.9. The van der Waals surface area contributed by atoms with Crippen LogP contribution in [-0.4, -0.2) is 68.5 Å². The number of rotatable bonds is 10. The number of anilines is 2. The van der Waals surface area contributed by atoms with E-state index in [0.29, 0.717) is 41.8 Å². The molecule has 1 atom stereocenters. The first kappa shape index (κ1) is 30.7. The van der Waals surface area contributed by atoms with Crippen molar-refractivity contribution in [3.05, 3.63) is 95.0 Å². The van der Waals surface area contributed by atoms with E-state index in [9.17, 15) is 9.59 Å². The van der Waals surface area contributed by atoms with E-state index in [2.05, 4.69) is 16.1 Å². The van der Waals surface area contributed by atoms with Crippen LogP contribution in [0.1, 0.15) is 18.1 Å². The molecule has 0 radical (unpaired) electrons. The van der Waals surface area contributed by atoms with Crippen LogP contribution in [0.25, 0.3) is 5.70 Å². The van der Waals surface area contributed by atoms with Crippen LogP contribution in [0.15, 0.2) is 78.9 Å². The van der Waals surface area contributed by atoms with Gasteiger partial charge in [-0.1, -0.05) is 48.0 Å². The van der Waals surface area contributed by atoms with E-state index >= 15 is 0 Å². The molecule has 3 aromatic rings. The van der Waals surface area contributed by atoms with E-state index in [1.807, 2.05) is 68.5 Å². The molecule has 3 aromatic carbocycles. The fourth-order valence-electron chi connectivity index (χ4n) is 4.39.